The first-order valence-electron chi connectivity index (χ1n) is 10.3. The molecular weight excluding hydrogens is 491 g/mol. The van der Waals surface area contributed by atoms with Gasteiger partial charge in [0, 0.05) is 6.04 Å². The number of aliphatic hydroxyl groups is 1. The van der Waals surface area contributed by atoms with Crippen molar-refractivity contribution in [2.45, 2.75) is 66.9 Å². The molecule has 1 fully saturated rings. The summed E-state index contributed by atoms with van der Waals surface area (Å²) in [5.74, 6) is -1.48. The molecule has 2 aromatic rings. The summed E-state index contributed by atoms with van der Waals surface area (Å²) in [6, 6.07) is 5.15. The molecule has 0 bridgehead atoms. The van der Waals surface area contributed by atoms with Crippen LogP contribution in [0, 0.1) is 5.82 Å². The van der Waals surface area contributed by atoms with Crippen molar-refractivity contribution < 1.29 is 44.3 Å². The summed E-state index contributed by atoms with van der Waals surface area (Å²) >= 11 is 0. The van der Waals surface area contributed by atoms with Gasteiger partial charge < -0.3 is 5.11 Å². The Hall–Kier alpha value is -2.18. The van der Waals surface area contributed by atoms with Crippen molar-refractivity contribution >= 4 is 9.84 Å². The van der Waals surface area contributed by atoms with E-state index in [0.29, 0.717) is 18.2 Å². The Labute approximate surface area is 191 Å². The number of benzene rings is 2. The Morgan fingerprint density at radius 2 is 1.62 bits per heavy atom. The van der Waals surface area contributed by atoms with Gasteiger partial charge in [0.05, 0.1) is 20.8 Å². The molecule has 1 unspecified atom stereocenters. The third-order valence-electron chi connectivity index (χ3n) is 6.17. The van der Waals surface area contributed by atoms with Gasteiger partial charge in [-0.2, -0.15) is 26.3 Å². The third kappa shape index (κ3) is 5.38. The molecule has 0 aliphatic heterocycles. The Morgan fingerprint density at radius 1 is 1.00 bits per heavy atom. The second-order valence-corrected chi connectivity index (χ2v) is 11.0. The fourth-order valence-electron chi connectivity index (χ4n) is 4.04. The van der Waals surface area contributed by atoms with Crippen molar-refractivity contribution in [2.75, 3.05) is 0 Å². The second kappa shape index (κ2) is 9.12. The minimum atomic E-state index is -4.94. The van der Waals surface area contributed by atoms with Crippen LogP contribution >= 0.6 is 0 Å². The number of nitrogens with one attached hydrogen (secondary N) is 1. The predicted molar refractivity (Wildman–Crippen MR) is 109 cm³/mol. The highest BCUT2D eigenvalue weighted by molar-refractivity contribution is 7.92. The molecule has 0 heterocycles. The zero-order valence-electron chi connectivity index (χ0n) is 17.8. The van der Waals surface area contributed by atoms with Gasteiger partial charge in [0.25, 0.3) is 0 Å². The average molecular weight is 513 g/mol. The lowest BCUT2D eigenvalue weighted by molar-refractivity contribution is -0.140. The van der Waals surface area contributed by atoms with E-state index >= 15 is 0 Å². The monoisotopic (exact) mass is 513 g/mol. The van der Waals surface area contributed by atoms with Gasteiger partial charge in [-0.25, -0.2) is 12.8 Å². The normalized spacial score (nSPS) is 23.0. The molecule has 188 valence electrons. The van der Waals surface area contributed by atoms with Gasteiger partial charge in [0.1, 0.15) is 12.0 Å². The number of rotatable bonds is 5. The molecule has 1 saturated carbocycles. The quantitative estimate of drug-likeness (QED) is 0.403. The topological polar surface area (TPSA) is 66.4 Å². The van der Waals surface area contributed by atoms with Crippen molar-refractivity contribution in [3.05, 3.63) is 65.0 Å². The van der Waals surface area contributed by atoms with Crippen LogP contribution in [0.25, 0.3) is 0 Å². The molecule has 0 radical (unpaired) electrons. The molecule has 0 amide bonds. The molecule has 12 heteroatoms. The smallest absolute Gasteiger partial charge is 0.374 e. The van der Waals surface area contributed by atoms with E-state index in [1.807, 2.05) is 0 Å². The van der Waals surface area contributed by atoms with E-state index in [-0.39, 0.29) is 31.2 Å². The Morgan fingerprint density at radius 3 is 2.18 bits per heavy atom. The minimum Gasteiger partial charge on any atom is -0.374 e. The fourth-order valence-corrected chi connectivity index (χ4v) is 5.92. The Balaban J connectivity index is 1.71. The van der Waals surface area contributed by atoms with Crippen molar-refractivity contribution in [3.63, 3.8) is 0 Å². The minimum absolute atomic E-state index is 0.0488. The van der Waals surface area contributed by atoms with Crippen LogP contribution in [0.1, 0.15) is 55.5 Å². The second-order valence-electron chi connectivity index (χ2n) is 8.56. The van der Waals surface area contributed by atoms with Gasteiger partial charge in [-0.1, -0.05) is 12.1 Å². The summed E-state index contributed by atoms with van der Waals surface area (Å²) in [7, 11) is -4.13. The van der Waals surface area contributed by atoms with Crippen LogP contribution in [0.15, 0.2) is 47.4 Å². The van der Waals surface area contributed by atoms with Crippen molar-refractivity contribution in [3.8, 4) is 0 Å². The lowest BCUT2D eigenvalue weighted by atomic mass is 9.86. The van der Waals surface area contributed by atoms with Crippen LogP contribution in [-0.2, 0) is 22.2 Å². The summed E-state index contributed by atoms with van der Waals surface area (Å²) in [4.78, 5) is -0.442. The van der Waals surface area contributed by atoms with Gasteiger partial charge in [-0.05, 0) is 68.5 Å². The van der Waals surface area contributed by atoms with Gasteiger partial charge in [-0.15, -0.1) is 0 Å². The van der Waals surface area contributed by atoms with E-state index in [9.17, 15) is 44.3 Å². The molecular formula is C22H22F7NO3S. The zero-order valence-corrected chi connectivity index (χ0v) is 18.7. The van der Waals surface area contributed by atoms with Crippen molar-refractivity contribution in [1.82, 2.24) is 5.32 Å². The highest BCUT2D eigenvalue weighted by Gasteiger charge is 2.44. The van der Waals surface area contributed by atoms with Crippen LogP contribution in [-0.4, -0.2) is 24.3 Å². The van der Waals surface area contributed by atoms with Crippen LogP contribution in [0.5, 0.6) is 0 Å². The SMILES string of the molecule is CC1(S(=O)(=O)c2cccc(C(F)(F)F)c2)CCC(NC(O)c2ccc(F)c(C(F)(F)F)c2)CC1. The maximum Gasteiger partial charge on any atom is 0.419 e. The van der Waals surface area contributed by atoms with E-state index in [1.165, 1.54) is 6.92 Å². The lowest BCUT2D eigenvalue weighted by Crippen LogP contribution is -2.45. The maximum atomic E-state index is 13.5. The molecule has 0 saturated heterocycles. The molecule has 0 spiro atoms. The average Bonchev–Trinajstić information content (AvgIpc) is 2.74. The third-order valence-corrected chi connectivity index (χ3v) is 8.75. The Kier molecular flexibility index (Phi) is 7.09. The summed E-state index contributed by atoms with van der Waals surface area (Å²) in [5, 5.41) is 13.0. The number of alkyl halides is 6. The van der Waals surface area contributed by atoms with Crippen LogP contribution in [0.4, 0.5) is 30.7 Å². The largest absolute Gasteiger partial charge is 0.419 e. The van der Waals surface area contributed by atoms with Gasteiger partial charge in [0.2, 0.25) is 0 Å². The van der Waals surface area contributed by atoms with Crippen LogP contribution in [0.3, 0.4) is 0 Å². The van der Waals surface area contributed by atoms with Gasteiger partial charge in [0.15, 0.2) is 9.84 Å². The number of hydrogen-bond acceptors (Lipinski definition) is 4. The highest BCUT2D eigenvalue weighted by atomic mass is 32.2. The summed E-state index contributed by atoms with van der Waals surface area (Å²) in [6.07, 6.45) is -10.7. The summed E-state index contributed by atoms with van der Waals surface area (Å²) < 4.78 is 116. The zero-order chi connectivity index (χ0) is 25.5. The first-order valence-corrected chi connectivity index (χ1v) is 11.8. The lowest BCUT2D eigenvalue weighted by Gasteiger charge is -2.38. The summed E-state index contributed by atoms with van der Waals surface area (Å²) in [5.41, 5.74) is -2.80. The Bertz CT molecular complexity index is 1140. The van der Waals surface area contributed by atoms with Crippen molar-refractivity contribution in [1.29, 1.82) is 0 Å². The molecule has 2 N–H and O–H groups in total. The van der Waals surface area contributed by atoms with Crippen molar-refractivity contribution in [2.24, 2.45) is 0 Å². The molecule has 34 heavy (non-hydrogen) atoms. The van der Waals surface area contributed by atoms with Crippen LogP contribution in [0.2, 0.25) is 0 Å². The number of halogens is 7. The molecule has 4 nitrogen and oxygen atoms in total. The number of sulfone groups is 1. The molecule has 3 rings (SSSR count). The van der Waals surface area contributed by atoms with Gasteiger partial charge in [-0.3, -0.25) is 5.32 Å². The van der Waals surface area contributed by atoms with E-state index in [2.05, 4.69) is 5.32 Å². The first-order chi connectivity index (χ1) is 15.5. The molecule has 2 aromatic carbocycles. The van der Waals surface area contributed by atoms with E-state index in [0.717, 1.165) is 24.3 Å². The number of hydrogen-bond donors (Lipinski definition) is 2. The first kappa shape index (κ1) is 26.4. The van der Waals surface area contributed by atoms with Gasteiger partial charge >= 0.3 is 12.4 Å². The van der Waals surface area contributed by atoms with E-state index < -0.39 is 61.0 Å². The molecule has 1 atom stereocenters. The maximum absolute atomic E-state index is 13.5. The van der Waals surface area contributed by atoms with E-state index in [1.54, 1.807) is 0 Å². The predicted octanol–water partition coefficient (Wildman–Crippen LogP) is 5.62. The standard InChI is InChI=1S/C22H22F7NO3S/c1-20(34(32,33)16-4-2-3-14(12-16)21(24,25)26)9-7-15(8-10-20)30-19(31)13-5-6-18(23)17(11-13)22(27,28)29/h2-6,11-12,15,19,30-31H,7-10H2,1H3. The van der Waals surface area contributed by atoms with E-state index in [4.69, 9.17) is 0 Å². The number of aliphatic hydroxyl groups excluding tert-OH is 1. The van der Waals surface area contributed by atoms with Crippen LogP contribution < -0.4 is 5.32 Å². The summed E-state index contributed by atoms with van der Waals surface area (Å²) in [6.45, 7) is 1.44. The highest BCUT2D eigenvalue weighted by Crippen LogP contribution is 2.41. The fraction of sp³-hybridized carbons (Fsp3) is 0.455. The molecule has 1 aliphatic rings. The molecule has 0 aromatic heterocycles. The molecule has 1 aliphatic carbocycles.